The lowest BCUT2D eigenvalue weighted by molar-refractivity contribution is -0.119. The Bertz CT molecular complexity index is 1090. The molecule has 0 aromatic carbocycles. The lowest BCUT2D eigenvalue weighted by Gasteiger charge is -2.29. The van der Waals surface area contributed by atoms with E-state index in [0.717, 1.165) is 48.9 Å². The highest BCUT2D eigenvalue weighted by atomic mass is 16.5. The van der Waals surface area contributed by atoms with E-state index in [2.05, 4.69) is 25.9 Å². The zero-order valence-corrected chi connectivity index (χ0v) is 19.3. The Morgan fingerprint density at radius 2 is 2.00 bits per heavy atom. The molecule has 2 N–H and O–H groups in total. The Kier molecular flexibility index (Phi) is 6.86. The van der Waals surface area contributed by atoms with E-state index in [-0.39, 0.29) is 17.7 Å². The van der Waals surface area contributed by atoms with Crippen molar-refractivity contribution in [2.45, 2.75) is 58.4 Å². The minimum absolute atomic E-state index is 0.0732. The van der Waals surface area contributed by atoms with E-state index in [1.165, 1.54) is 6.26 Å². The first-order valence-electron chi connectivity index (χ1n) is 11.5. The lowest BCUT2D eigenvalue weighted by Crippen LogP contribution is -2.49. The summed E-state index contributed by atoms with van der Waals surface area (Å²) in [4.78, 5) is 30.6. The summed E-state index contributed by atoms with van der Waals surface area (Å²) in [5.41, 5.74) is 3.91. The number of rotatable bonds is 7. The number of nitrogens with zero attached hydrogens (tertiary/aromatic N) is 4. The molecule has 3 aromatic heterocycles. The Labute approximate surface area is 192 Å². The van der Waals surface area contributed by atoms with Crippen LogP contribution in [0.25, 0.3) is 11.3 Å². The van der Waals surface area contributed by atoms with Gasteiger partial charge >= 0.3 is 0 Å². The molecule has 1 aliphatic carbocycles. The molecule has 4 rings (SSSR count). The van der Waals surface area contributed by atoms with Gasteiger partial charge in [0.05, 0.1) is 17.6 Å². The normalized spacial score (nSPS) is 15.2. The van der Waals surface area contributed by atoms with E-state index in [1.54, 1.807) is 16.9 Å². The molecular weight excluding hydrogens is 420 g/mol. The van der Waals surface area contributed by atoms with E-state index in [9.17, 15) is 9.59 Å². The van der Waals surface area contributed by atoms with Crippen LogP contribution >= 0.6 is 0 Å². The Hall–Kier alpha value is -3.49. The molecule has 2 amide bonds. The van der Waals surface area contributed by atoms with Crippen LogP contribution in [0.4, 0.5) is 5.82 Å². The van der Waals surface area contributed by atoms with Gasteiger partial charge in [0.25, 0.3) is 5.91 Å². The number of nitrogens with one attached hydrogen (secondary N) is 2. The van der Waals surface area contributed by atoms with Crippen molar-refractivity contribution in [1.29, 1.82) is 0 Å². The van der Waals surface area contributed by atoms with Crippen LogP contribution in [0.1, 0.15) is 60.6 Å². The van der Waals surface area contributed by atoms with Crippen LogP contribution in [0.5, 0.6) is 0 Å². The summed E-state index contributed by atoms with van der Waals surface area (Å²) in [6, 6.07) is 3.03. The highest BCUT2D eigenvalue weighted by Gasteiger charge is 2.32. The molecule has 1 saturated carbocycles. The average molecular weight is 451 g/mol. The van der Waals surface area contributed by atoms with Crippen molar-refractivity contribution in [2.75, 3.05) is 5.32 Å². The molecule has 1 aliphatic rings. The van der Waals surface area contributed by atoms with E-state index < -0.39 is 6.04 Å². The molecule has 0 aliphatic heterocycles. The van der Waals surface area contributed by atoms with E-state index in [4.69, 9.17) is 4.52 Å². The van der Waals surface area contributed by atoms with Gasteiger partial charge in [-0.25, -0.2) is 4.98 Å². The van der Waals surface area contributed by atoms with Crippen molar-refractivity contribution < 1.29 is 14.1 Å². The fourth-order valence-electron chi connectivity index (χ4n) is 4.56. The molecule has 1 fully saturated rings. The van der Waals surface area contributed by atoms with Gasteiger partial charge in [0.1, 0.15) is 23.7 Å². The minimum atomic E-state index is -0.654. The van der Waals surface area contributed by atoms with Gasteiger partial charge < -0.3 is 15.2 Å². The van der Waals surface area contributed by atoms with Gasteiger partial charge in [-0.05, 0) is 49.8 Å². The minimum Gasteiger partial charge on any atom is -0.364 e. The predicted octanol–water partition coefficient (Wildman–Crippen LogP) is 3.66. The molecule has 0 saturated heterocycles. The highest BCUT2D eigenvalue weighted by Crippen LogP contribution is 2.28. The lowest BCUT2D eigenvalue weighted by atomic mass is 9.83. The first kappa shape index (κ1) is 22.7. The largest absolute Gasteiger partial charge is 0.364 e. The molecule has 0 spiro atoms. The second-order valence-corrected chi connectivity index (χ2v) is 8.60. The smallest absolute Gasteiger partial charge is 0.257 e. The molecule has 0 unspecified atom stereocenters. The van der Waals surface area contributed by atoms with Crippen molar-refractivity contribution in [3.8, 4) is 11.3 Å². The number of aryl methyl sites for hydroxylation is 3. The number of hydrogen-bond donors (Lipinski definition) is 2. The fourth-order valence-corrected chi connectivity index (χ4v) is 4.56. The quantitative estimate of drug-likeness (QED) is 0.568. The van der Waals surface area contributed by atoms with E-state index >= 15 is 0 Å². The Morgan fingerprint density at radius 3 is 2.64 bits per heavy atom. The molecule has 0 radical (unpaired) electrons. The third kappa shape index (κ3) is 4.97. The van der Waals surface area contributed by atoms with Crippen LogP contribution in [0.15, 0.2) is 35.3 Å². The number of aromatic nitrogens is 4. The molecule has 3 heterocycles. The topological polar surface area (TPSA) is 115 Å². The maximum absolute atomic E-state index is 13.3. The first-order chi connectivity index (χ1) is 16.0. The zero-order chi connectivity index (χ0) is 23.4. The molecule has 33 heavy (non-hydrogen) atoms. The Balaban J connectivity index is 1.51. The second-order valence-electron chi connectivity index (χ2n) is 8.60. The number of carbonyl (C=O) groups is 2. The fraction of sp³-hybridized carbons (Fsp3) is 0.458. The summed E-state index contributed by atoms with van der Waals surface area (Å²) in [5.74, 6) is -0.0858. The summed E-state index contributed by atoms with van der Waals surface area (Å²) in [6.45, 7) is 3.90. The van der Waals surface area contributed by atoms with Crippen LogP contribution in [0.2, 0.25) is 0 Å². The third-order valence-corrected chi connectivity index (χ3v) is 6.32. The molecule has 9 heteroatoms. The van der Waals surface area contributed by atoms with Gasteiger partial charge in [-0.3, -0.25) is 14.3 Å². The number of amides is 2. The van der Waals surface area contributed by atoms with Gasteiger partial charge in [-0.2, -0.15) is 5.10 Å². The predicted molar refractivity (Wildman–Crippen MR) is 124 cm³/mol. The zero-order valence-electron chi connectivity index (χ0n) is 19.3. The number of hydrogen-bond acceptors (Lipinski definition) is 6. The molecule has 1 atom stereocenters. The standard InChI is InChI=1S/C24H30N6O3/c1-4-19-18(14-33-29-19)23(31)28-21(16-8-6-5-7-9-16)24(32)27-20-11-10-17(13-25-20)22-15(2)12-26-30(22)3/h10-14,16,21H,4-9H2,1-3H3,(H,28,31)(H,25,27,32)/t21-/m0/s1. The van der Waals surface area contributed by atoms with Gasteiger partial charge in [-0.1, -0.05) is 31.3 Å². The van der Waals surface area contributed by atoms with Crippen LogP contribution in [-0.4, -0.2) is 37.8 Å². The molecular formula is C24H30N6O3. The highest BCUT2D eigenvalue weighted by molar-refractivity contribution is 6.01. The maximum atomic E-state index is 13.3. The number of anilines is 1. The summed E-state index contributed by atoms with van der Waals surface area (Å²) in [6.07, 6.45) is 10.5. The summed E-state index contributed by atoms with van der Waals surface area (Å²) in [5, 5.41) is 14.0. The number of carbonyl (C=O) groups excluding carboxylic acids is 2. The van der Waals surface area contributed by atoms with Gasteiger partial charge in [0, 0.05) is 18.8 Å². The van der Waals surface area contributed by atoms with Crippen molar-refractivity contribution in [3.05, 3.63) is 47.6 Å². The SMILES string of the molecule is CCc1nocc1C(=O)N[C@H](C(=O)Nc1ccc(-c2c(C)cnn2C)cn1)C1CCCCC1. The maximum Gasteiger partial charge on any atom is 0.257 e. The van der Waals surface area contributed by atoms with Crippen molar-refractivity contribution >= 4 is 17.6 Å². The first-order valence-corrected chi connectivity index (χ1v) is 11.5. The summed E-state index contributed by atoms with van der Waals surface area (Å²) in [7, 11) is 1.88. The molecule has 3 aromatic rings. The van der Waals surface area contributed by atoms with Crippen molar-refractivity contribution in [1.82, 2.24) is 25.2 Å². The van der Waals surface area contributed by atoms with Crippen molar-refractivity contribution in [3.63, 3.8) is 0 Å². The number of pyridine rings is 1. The van der Waals surface area contributed by atoms with E-state index in [1.807, 2.05) is 33.2 Å². The summed E-state index contributed by atoms with van der Waals surface area (Å²) < 4.78 is 6.77. The van der Waals surface area contributed by atoms with Crippen LogP contribution in [0.3, 0.4) is 0 Å². The second kappa shape index (κ2) is 9.97. The molecule has 9 nitrogen and oxygen atoms in total. The van der Waals surface area contributed by atoms with Crippen molar-refractivity contribution in [2.24, 2.45) is 13.0 Å². The average Bonchev–Trinajstić information content (AvgIpc) is 3.44. The molecule has 0 bridgehead atoms. The molecule has 174 valence electrons. The van der Waals surface area contributed by atoms with Crippen LogP contribution < -0.4 is 10.6 Å². The van der Waals surface area contributed by atoms with E-state index in [0.29, 0.717) is 23.5 Å². The summed E-state index contributed by atoms with van der Waals surface area (Å²) >= 11 is 0. The third-order valence-electron chi connectivity index (χ3n) is 6.32. The van der Waals surface area contributed by atoms with Crippen LogP contribution in [0, 0.1) is 12.8 Å². The van der Waals surface area contributed by atoms with Gasteiger partial charge in [0.2, 0.25) is 5.91 Å². The monoisotopic (exact) mass is 450 g/mol. The van der Waals surface area contributed by atoms with Gasteiger partial charge in [0.15, 0.2) is 0 Å². The van der Waals surface area contributed by atoms with Crippen LogP contribution in [-0.2, 0) is 18.3 Å². The van der Waals surface area contributed by atoms with Gasteiger partial charge in [-0.15, -0.1) is 0 Å². The Morgan fingerprint density at radius 1 is 1.21 bits per heavy atom.